The number of esters is 1. The third-order valence-electron chi connectivity index (χ3n) is 2.03. The maximum absolute atomic E-state index is 11.4. The summed E-state index contributed by atoms with van der Waals surface area (Å²) in [6, 6.07) is 0. The molecule has 0 aliphatic rings. The number of hydrogen-bond acceptors (Lipinski definition) is 5. The van der Waals surface area contributed by atoms with Gasteiger partial charge in [0.2, 0.25) is 5.91 Å². The molecule has 5 nitrogen and oxygen atoms in total. The van der Waals surface area contributed by atoms with Crippen LogP contribution in [-0.4, -0.2) is 50.3 Å². The van der Waals surface area contributed by atoms with Crippen LogP contribution in [0.1, 0.15) is 19.8 Å². The summed E-state index contributed by atoms with van der Waals surface area (Å²) >= 11 is 1.45. The molecule has 0 saturated carbocycles. The van der Waals surface area contributed by atoms with Gasteiger partial charge >= 0.3 is 5.97 Å². The van der Waals surface area contributed by atoms with Gasteiger partial charge in [-0.05, 0) is 6.42 Å². The van der Waals surface area contributed by atoms with Crippen molar-refractivity contribution in [3.05, 3.63) is 0 Å². The first-order valence-electron chi connectivity index (χ1n) is 5.54. The fourth-order valence-electron chi connectivity index (χ4n) is 1.09. The zero-order chi connectivity index (χ0) is 13.1. The van der Waals surface area contributed by atoms with E-state index >= 15 is 0 Å². The monoisotopic (exact) mass is 263 g/mol. The van der Waals surface area contributed by atoms with Gasteiger partial charge in [-0.15, -0.1) is 11.8 Å². The molecule has 0 saturated heterocycles. The quantitative estimate of drug-likeness (QED) is 0.493. The molecular formula is C11H21NO4S. The molecule has 1 N–H and O–H groups in total. The van der Waals surface area contributed by atoms with Crippen LogP contribution in [0.2, 0.25) is 0 Å². The molecule has 0 heterocycles. The Morgan fingerprint density at radius 2 is 2.06 bits per heavy atom. The third kappa shape index (κ3) is 10.1. The Hall–Kier alpha value is -0.750. The van der Waals surface area contributed by atoms with E-state index < -0.39 is 0 Å². The number of rotatable bonds is 9. The van der Waals surface area contributed by atoms with Crippen molar-refractivity contribution in [2.75, 3.05) is 33.1 Å². The van der Waals surface area contributed by atoms with Crippen LogP contribution in [0, 0.1) is 0 Å². The average Bonchev–Trinajstić information content (AvgIpc) is 2.32. The molecule has 0 aromatic heterocycles. The van der Waals surface area contributed by atoms with Gasteiger partial charge in [-0.1, -0.05) is 6.92 Å². The molecule has 0 aliphatic carbocycles. The first kappa shape index (κ1) is 16.2. The lowest BCUT2D eigenvalue weighted by Crippen LogP contribution is -2.27. The number of methoxy groups -OCH3 is 2. The number of amides is 1. The van der Waals surface area contributed by atoms with Gasteiger partial charge in [0.15, 0.2) is 0 Å². The van der Waals surface area contributed by atoms with Crippen molar-refractivity contribution >= 4 is 23.6 Å². The highest BCUT2D eigenvalue weighted by Crippen LogP contribution is 2.13. The zero-order valence-electron chi connectivity index (χ0n) is 10.7. The van der Waals surface area contributed by atoms with Crippen LogP contribution < -0.4 is 5.32 Å². The molecule has 0 fully saturated rings. The van der Waals surface area contributed by atoms with Crippen molar-refractivity contribution in [2.45, 2.75) is 25.0 Å². The first-order chi connectivity index (χ1) is 8.10. The second kappa shape index (κ2) is 10.4. The largest absolute Gasteiger partial charge is 0.469 e. The second-order valence-electron chi connectivity index (χ2n) is 3.60. The summed E-state index contributed by atoms with van der Waals surface area (Å²) in [5.74, 6) is 0.110. The van der Waals surface area contributed by atoms with Gasteiger partial charge in [0, 0.05) is 25.5 Å². The second-order valence-corrected chi connectivity index (χ2v) is 5.02. The molecule has 6 heteroatoms. The van der Waals surface area contributed by atoms with E-state index in [1.165, 1.54) is 18.9 Å². The van der Waals surface area contributed by atoms with Gasteiger partial charge in [0.25, 0.3) is 0 Å². The van der Waals surface area contributed by atoms with E-state index in [9.17, 15) is 9.59 Å². The summed E-state index contributed by atoms with van der Waals surface area (Å²) in [6.07, 6.45) is 1.14. The SMILES string of the molecule is COCCCNC(=O)CSC(C)CC(=O)OC. The molecule has 0 aromatic rings. The van der Waals surface area contributed by atoms with Crippen LogP contribution in [0.3, 0.4) is 0 Å². The topological polar surface area (TPSA) is 64.6 Å². The van der Waals surface area contributed by atoms with Crippen LogP contribution in [0.25, 0.3) is 0 Å². The lowest BCUT2D eigenvalue weighted by Gasteiger charge is -2.09. The molecule has 1 atom stereocenters. The lowest BCUT2D eigenvalue weighted by molar-refractivity contribution is -0.140. The van der Waals surface area contributed by atoms with E-state index in [1.54, 1.807) is 7.11 Å². The van der Waals surface area contributed by atoms with Crippen molar-refractivity contribution in [2.24, 2.45) is 0 Å². The lowest BCUT2D eigenvalue weighted by atomic mass is 10.3. The number of carbonyl (C=O) groups excluding carboxylic acids is 2. The number of nitrogens with one attached hydrogen (secondary N) is 1. The highest BCUT2D eigenvalue weighted by Gasteiger charge is 2.11. The molecule has 100 valence electrons. The van der Waals surface area contributed by atoms with Crippen molar-refractivity contribution in [3.8, 4) is 0 Å². The minimum absolute atomic E-state index is 0.0113. The van der Waals surface area contributed by atoms with Gasteiger partial charge in [-0.25, -0.2) is 0 Å². The zero-order valence-corrected chi connectivity index (χ0v) is 11.5. The summed E-state index contributed by atoms with van der Waals surface area (Å²) in [5.41, 5.74) is 0. The first-order valence-corrected chi connectivity index (χ1v) is 6.59. The van der Waals surface area contributed by atoms with E-state index in [0.717, 1.165) is 6.42 Å². The van der Waals surface area contributed by atoms with Crippen LogP contribution >= 0.6 is 11.8 Å². The van der Waals surface area contributed by atoms with Crippen molar-refractivity contribution in [1.82, 2.24) is 5.32 Å². The van der Waals surface area contributed by atoms with Crippen LogP contribution in [0.4, 0.5) is 0 Å². The maximum atomic E-state index is 11.4. The Balaban J connectivity index is 3.52. The Morgan fingerprint density at radius 3 is 2.65 bits per heavy atom. The maximum Gasteiger partial charge on any atom is 0.306 e. The predicted octanol–water partition coefficient (Wildman–Crippen LogP) is 0.824. The van der Waals surface area contributed by atoms with Gasteiger partial charge in [0.1, 0.15) is 0 Å². The minimum Gasteiger partial charge on any atom is -0.469 e. The van der Waals surface area contributed by atoms with Crippen LogP contribution in [-0.2, 0) is 19.1 Å². The highest BCUT2D eigenvalue weighted by atomic mass is 32.2. The van der Waals surface area contributed by atoms with E-state index in [-0.39, 0.29) is 17.1 Å². The van der Waals surface area contributed by atoms with E-state index in [1.807, 2.05) is 6.92 Å². The van der Waals surface area contributed by atoms with Crippen molar-refractivity contribution < 1.29 is 19.1 Å². The number of thioether (sulfide) groups is 1. The molecule has 0 spiro atoms. The van der Waals surface area contributed by atoms with Gasteiger partial charge in [-0.2, -0.15) is 0 Å². The Labute approximate surface area is 107 Å². The van der Waals surface area contributed by atoms with E-state index in [0.29, 0.717) is 25.3 Å². The Morgan fingerprint density at radius 1 is 1.35 bits per heavy atom. The molecule has 0 bridgehead atoms. The van der Waals surface area contributed by atoms with Gasteiger partial charge in [0.05, 0.1) is 19.3 Å². The van der Waals surface area contributed by atoms with E-state index in [4.69, 9.17) is 4.74 Å². The average molecular weight is 263 g/mol. The predicted molar refractivity (Wildman–Crippen MR) is 68.1 cm³/mol. The van der Waals surface area contributed by atoms with Crippen LogP contribution in [0.5, 0.6) is 0 Å². The van der Waals surface area contributed by atoms with Crippen LogP contribution in [0.15, 0.2) is 0 Å². The standard InChI is InChI=1S/C11H21NO4S/c1-9(7-11(14)16-3)17-8-10(13)12-5-4-6-15-2/h9H,4-8H2,1-3H3,(H,12,13). The smallest absolute Gasteiger partial charge is 0.306 e. The molecule has 0 rings (SSSR count). The van der Waals surface area contributed by atoms with Crippen molar-refractivity contribution in [1.29, 1.82) is 0 Å². The summed E-state index contributed by atoms with van der Waals surface area (Å²) in [6.45, 7) is 3.17. The van der Waals surface area contributed by atoms with E-state index in [2.05, 4.69) is 10.1 Å². The molecule has 17 heavy (non-hydrogen) atoms. The summed E-state index contributed by atoms with van der Waals surface area (Å²) < 4.78 is 9.42. The number of carbonyl (C=O) groups is 2. The third-order valence-corrected chi connectivity index (χ3v) is 3.19. The highest BCUT2D eigenvalue weighted by molar-refractivity contribution is 8.00. The van der Waals surface area contributed by atoms with Crippen molar-refractivity contribution in [3.63, 3.8) is 0 Å². The summed E-state index contributed by atoms with van der Waals surface area (Å²) in [7, 11) is 2.99. The number of ether oxygens (including phenoxy) is 2. The molecule has 0 radical (unpaired) electrons. The fourth-order valence-corrected chi connectivity index (χ4v) is 1.88. The Kier molecular flexibility index (Phi) is 9.95. The minimum atomic E-state index is -0.245. The molecular weight excluding hydrogens is 242 g/mol. The summed E-state index contributed by atoms with van der Waals surface area (Å²) in [4.78, 5) is 22.3. The van der Waals surface area contributed by atoms with Gasteiger partial charge < -0.3 is 14.8 Å². The molecule has 1 amide bonds. The molecule has 1 unspecified atom stereocenters. The Bertz CT molecular complexity index is 236. The normalized spacial score (nSPS) is 11.9. The molecule has 0 aliphatic heterocycles. The fraction of sp³-hybridized carbons (Fsp3) is 0.818. The molecule has 0 aromatic carbocycles. The number of hydrogen-bond donors (Lipinski definition) is 1. The summed E-state index contributed by atoms with van der Waals surface area (Å²) in [5, 5.41) is 2.87. The van der Waals surface area contributed by atoms with Gasteiger partial charge in [-0.3, -0.25) is 9.59 Å².